The van der Waals surface area contributed by atoms with Crippen LogP contribution in [-0.4, -0.2) is 54.1 Å². The SMILES string of the molecule is CCOCCOc1cc(-c2c(C(=O)O)c(N)[nH]c(=O)c2C(=O)O)ccc1OC. The van der Waals surface area contributed by atoms with Crippen molar-refractivity contribution in [2.45, 2.75) is 6.92 Å². The lowest BCUT2D eigenvalue weighted by atomic mass is 9.95. The summed E-state index contributed by atoms with van der Waals surface area (Å²) in [6, 6.07) is 4.28. The van der Waals surface area contributed by atoms with E-state index in [1.54, 1.807) is 0 Å². The van der Waals surface area contributed by atoms with E-state index in [-0.39, 0.29) is 23.5 Å². The molecule has 1 aromatic carbocycles. The van der Waals surface area contributed by atoms with Crippen LogP contribution in [0, 0.1) is 0 Å². The molecule has 0 atom stereocenters. The van der Waals surface area contributed by atoms with Crippen molar-refractivity contribution in [2.75, 3.05) is 32.7 Å². The third-order valence-electron chi connectivity index (χ3n) is 3.81. The van der Waals surface area contributed by atoms with Gasteiger partial charge in [-0.1, -0.05) is 6.07 Å². The molecule has 0 radical (unpaired) electrons. The zero-order chi connectivity index (χ0) is 20.8. The molecule has 28 heavy (non-hydrogen) atoms. The fourth-order valence-electron chi connectivity index (χ4n) is 2.64. The smallest absolute Gasteiger partial charge is 0.342 e. The second kappa shape index (κ2) is 8.91. The van der Waals surface area contributed by atoms with Crippen LogP contribution in [0.25, 0.3) is 11.1 Å². The average molecular weight is 392 g/mol. The minimum atomic E-state index is -1.59. The zero-order valence-electron chi connectivity index (χ0n) is 15.3. The molecular weight excluding hydrogens is 372 g/mol. The lowest BCUT2D eigenvalue weighted by Gasteiger charge is -2.15. The van der Waals surface area contributed by atoms with Gasteiger partial charge in [-0.2, -0.15) is 0 Å². The Balaban J connectivity index is 2.68. The highest BCUT2D eigenvalue weighted by Gasteiger charge is 2.27. The number of rotatable bonds is 9. The van der Waals surface area contributed by atoms with Crippen LogP contribution in [0.1, 0.15) is 27.6 Å². The molecule has 0 aliphatic carbocycles. The fourth-order valence-corrected chi connectivity index (χ4v) is 2.64. The molecule has 0 saturated carbocycles. The molecule has 0 spiro atoms. The Morgan fingerprint density at radius 1 is 1.11 bits per heavy atom. The molecule has 5 N–H and O–H groups in total. The third-order valence-corrected chi connectivity index (χ3v) is 3.81. The maximum Gasteiger partial charge on any atom is 0.342 e. The molecule has 1 heterocycles. The standard InChI is InChI=1S/C18H20N2O8/c1-3-27-6-7-28-11-8-9(4-5-10(11)26-2)12-13(17(22)23)15(19)20-16(21)14(12)18(24)25/h4-5,8H,3,6-7H2,1-2H3,(H,22,23)(H,24,25)(H3,19,20,21). The highest BCUT2D eigenvalue weighted by Crippen LogP contribution is 2.36. The second-order valence-corrected chi connectivity index (χ2v) is 5.51. The summed E-state index contributed by atoms with van der Waals surface area (Å²) in [7, 11) is 1.42. The Morgan fingerprint density at radius 3 is 2.36 bits per heavy atom. The summed E-state index contributed by atoms with van der Waals surface area (Å²) < 4.78 is 16.0. The van der Waals surface area contributed by atoms with E-state index >= 15 is 0 Å². The maximum absolute atomic E-state index is 12.1. The maximum atomic E-state index is 12.1. The first-order chi connectivity index (χ1) is 13.3. The number of carbonyl (C=O) groups is 2. The van der Waals surface area contributed by atoms with Crippen molar-refractivity contribution >= 4 is 17.8 Å². The normalized spacial score (nSPS) is 10.5. The monoisotopic (exact) mass is 392 g/mol. The number of hydrogen-bond acceptors (Lipinski definition) is 7. The van der Waals surface area contributed by atoms with E-state index in [1.165, 1.54) is 25.3 Å². The largest absolute Gasteiger partial charge is 0.493 e. The van der Waals surface area contributed by atoms with Gasteiger partial charge in [0.1, 0.15) is 23.6 Å². The number of nitrogens with one attached hydrogen (secondary N) is 1. The number of ether oxygens (including phenoxy) is 3. The number of aromatic carboxylic acids is 2. The first kappa shape index (κ1) is 20.8. The number of aromatic amines is 1. The number of anilines is 1. The van der Waals surface area contributed by atoms with Crippen LogP contribution in [0.4, 0.5) is 5.82 Å². The van der Waals surface area contributed by atoms with E-state index in [0.29, 0.717) is 19.0 Å². The first-order valence-electron chi connectivity index (χ1n) is 8.23. The van der Waals surface area contributed by atoms with E-state index in [2.05, 4.69) is 4.98 Å². The molecule has 0 amide bonds. The molecule has 2 rings (SSSR count). The molecule has 10 nitrogen and oxygen atoms in total. The number of nitrogen functional groups attached to an aromatic ring is 1. The predicted molar refractivity (Wildman–Crippen MR) is 99.4 cm³/mol. The zero-order valence-corrected chi connectivity index (χ0v) is 15.3. The van der Waals surface area contributed by atoms with Crippen molar-refractivity contribution in [3.63, 3.8) is 0 Å². The van der Waals surface area contributed by atoms with E-state index in [0.717, 1.165) is 0 Å². The van der Waals surface area contributed by atoms with Gasteiger partial charge in [0.15, 0.2) is 11.5 Å². The fraction of sp³-hybridized carbons (Fsp3) is 0.278. The molecule has 0 bridgehead atoms. The van der Waals surface area contributed by atoms with Gasteiger partial charge in [-0.15, -0.1) is 0 Å². The Hall–Kier alpha value is -3.53. The van der Waals surface area contributed by atoms with E-state index in [1.807, 2.05) is 6.92 Å². The van der Waals surface area contributed by atoms with Gasteiger partial charge < -0.3 is 35.1 Å². The van der Waals surface area contributed by atoms with Gasteiger partial charge in [0, 0.05) is 12.2 Å². The number of hydrogen-bond donors (Lipinski definition) is 4. The van der Waals surface area contributed by atoms with Gasteiger partial charge in [-0.05, 0) is 24.6 Å². The summed E-state index contributed by atoms with van der Waals surface area (Å²) in [5, 5.41) is 19.0. The third kappa shape index (κ3) is 4.23. The number of pyridine rings is 1. The molecule has 2 aromatic rings. The van der Waals surface area contributed by atoms with Crippen LogP contribution in [0.2, 0.25) is 0 Å². The van der Waals surface area contributed by atoms with Crippen LogP contribution in [-0.2, 0) is 4.74 Å². The van der Waals surface area contributed by atoms with Crippen LogP contribution in [0.3, 0.4) is 0 Å². The summed E-state index contributed by atoms with van der Waals surface area (Å²) in [5.41, 5.74) is 3.16. The highest BCUT2D eigenvalue weighted by atomic mass is 16.5. The summed E-state index contributed by atoms with van der Waals surface area (Å²) in [6.45, 7) is 2.83. The molecule has 0 fully saturated rings. The number of methoxy groups -OCH3 is 1. The topological polar surface area (TPSA) is 161 Å². The first-order valence-corrected chi connectivity index (χ1v) is 8.23. The van der Waals surface area contributed by atoms with Gasteiger partial charge in [0.25, 0.3) is 5.56 Å². The van der Waals surface area contributed by atoms with Crippen LogP contribution < -0.4 is 20.8 Å². The van der Waals surface area contributed by atoms with Crippen LogP contribution in [0.5, 0.6) is 11.5 Å². The van der Waals surface area contributed by atoms with Crippen molar-refractivity contribution in [3.8, 4) is 22.6 Å². The van der Waals surface area contributed by atoms with Gasteiger partial charge in [-0.3, -0.25) is 4.79 Å². The molecule has 0 aliphatic heterocycles. The van der Waals surface area contributed by atoms with Crippen LogP contribution >= 0.6 is 0 Å². The minimum Gasteiger partial charge on any atom is -0.493 e. The Morgan fingerprint density at radius 2 is 1.79 bits per heavy atom. The van der Waals surface area contributed by atoms with E-state index < -0.39 is 34.4 Å². The predicted octanol–water partition coefficient (Wildman–Crippen LogP) is 1.44. The minimum absolute atomic E-state index is 0.125. The highest BCUT2D eigenvalue weighted by molar-refractivity contribution is 6.07. The number of benzene rings is 1. The molecule has 150 valence electrons. The van der Waals surface area contributed by atoms with Crippen molar-refractivity contribution in [1.29, 1.82) is 0 Å². The van der Waals surface area contributed by atoms with Crippen molar-refractivity contribution in [2.24, 2.45) is 0 Å². The Kier molecular flexibility index (Phi) is 6.61. The van der Waals surface area contributed by atoms with E-state index in [4.69, 9.17) is 19.9 Å². The summed E-state index contributed by atoms with van der Waals surface area (Å²) in [6.07, 6.45) is 0. The molecule has 1 aromatic heterocycles. The van der Waals surface area contributed by atoms with Gasteiger partial charge in [-0.25, -0.2) is 9.59 Å². The number of carboxylic acid groups (broad SMARTS) is 2. The number of nitrogens with two attached hydrogens (primary N) is 1. The van der Waals surface area contributed by atoms with Crippen molar-refractivity contribution in [1.82, 2.24) is 4.98 Å². The number of carboxylic acids is 2. The summed E-state index contributed by atoms with van der Waals surface area (Å²) >= 11 is 0. The summed E-state index contributed by atoms with van der Waals surface area (Å²) in [5.74, 6) is -2.96. The van der Waals surface area contributed by atoms with Crippen LogP contribution in [0.15, 0.2) is 23.0 Å². The Labute approximate surface area is 159 Å². The molecule has 0 unspecified atom stereocenters. The van der Waals surface area contributed by atoms with Crippen molar-refractivity contribution in [3.05, 3.63) is 39.7 Å². The average Bonchev–Trinajstić information content (AvgIpc) is 2.63. The molecule has 10 heteroatoms. The molecular formula is C18H20N2O8. The molecule has 0 saturated heterocycles. The van der Waals surface area contributed by atoms with Gasteiger partial charge in [0.2, 0.25) is 0 Å². The quantitative estimate of drug-likeness (QED) is 0.463. The Bertz CT molecular complexity index is 951. The lowest BCUT2D eigenvalue weighted by Crippen LogP contribution is -2.24. The van der Waals surface area contributed by atoms with Gasteiger partial charge in [0.05, 0.1) is 13.7 Å². The number of aromatic nitrogens is 1. The second-order valence-electron chi connectivity index (χ2n) is 5.51. The van der Waals surface area contributed by atoms with Gasteiger partial charge >= 0.3 is 11.9 Å². The number of H-pyrrole nitrogens is 1. The summed E-state index contributed by atoms with van der Waals surface area (Å²) in [4.78, 5) is 37.5. The van der Waals surface area contributed by atoms with Crippen molar-refractivity contribution < 1.29 is 34.0 Å². The molecule has 0 aliphatic rings. The van der Waals surface area contributed by atoms with E-state index in [9.17, 15) is 24.6 Å². The lowest BCUT2D eigenvalue weighted by molar-refractivity contribution is 0.0695.